The van der Waals surface area contributed by atoms with E-state index in [0.717, 1.165) is 19.4 Å². The SMILES string of the molecule is O=C(c1cccc(OC(F)F)c1)N1CCCC1C1CC1. The molecule has 1 saturated heterocycles. The van der Waals surface area contributed by atoms with Gasteiger partial charge >= 0.3 is 6.61 Å². The summed E-state index contributed by atoms with van der Waals surface area (Å²) in [5, 5.41) is 0. The molecule has 1 aromatic rings. The maximum atomic E-state index is 12.5. The Morgan fingerprint density at radius 1 is 1.30 bits per heavy atom. The lowest BCUT2D eigenvalue weighted by molar-refractivity contribution is -0.0499. The van der Waals surface area contributed by atoms with Gasteiger partial charge in [-0.25, -0.2) is 0 Å². The molecule has 0 bridgehead atoms. The fraction of sp³-hybridized carbons (Fsp3) is 0.533. The van der Waals surface area contributed by atoms with Crippen LogP contribution in [0.1, 0.15) is 36.0 Å². The molecule has 3 rings (SSSR count). The second-order valence-corrected chi connectivity index (χ2v) is 5.45. The molecular formula is C15H17F2NO2. The fourth-order valence-electron chi connectivity index (χ4n) is 2.99. The maximum Gasteiger partial charge on any atom is 0.387 e. The fourth-order valence-corrected chi connectivity index (χ4v) is 2.99. The average Bonchev–Trinajstić information content (AvgIpc) is 3.15. The molecule has 1 heterocycles. The number of ether oxygens (including phenoxy) is 1. The van der Waals surface area contributed by atoms with Crippen molar-refractivity contribution in [3.8, 4) is 5.75 Å². The molecule has 20 heavy (non-hydrogen) atoms. The lowest BCUT2D eigenvalue weighted by Crippen LogP contribution is -2.36. The molecule has 5 heteroatoms. The summed E-state index contributed by atoms with van der Waals surface area (Å²) < 4.78 is 28.8. The number of hydrogen-bond acceptors (Lipinski definition) is 2. The van der Waals surface area contributed by atoms with E-state index in [0.29, 0.717) is 17.5 Å². The van der Waals surface area contributed by atoms with Crippen LogP contribution in [-0.2, 0) is 0 Å². The zero-order chi connectivity index (χ0) is 14.1. The summed E-state index contributed by atoms with van der Waals surface area (Å²) in [7, 11) is 0. The van der Waals surface area contributed by atoms with Gasteiger partial charge in [-0.15, -0.1) is 0 Å². The minimum atomic E-state index is -2.87. The number of benzene rings is 1. The van der Waals surface area contributed by atoms with Gasteiger partial charge in [-0.3, -0.25) is 4.79 Å². The van der Waals surface area contributed by atoms with Crippen molar-refractivity contribution in [3.05, 3.63) is 29.8 Å². The van der Waals surface area contributed by atoms with Gasteiger partial charge in [0.05, 0.1) is 0 Å². The molecular weight excluding hydrogens is 264 g/mol. The van der Waals surface area contributed by atoms with Crippen molar-refractivity contribution in [1.29, 1.82) is 0 Å². The van der Waals surface area contributed by atoms with Gasteiger partial charge in [0.1, 0.15) is 5.75 Å². The Balaban J connectivity index is 1.76. The van der Waals surface area contributed by atoms with E-state index in [9.17, 15) is 13.6 Å². The highest BCUT2D eigenvalue weighted by molar-refractivity contribution is 5.95. The molecule has 0 spiro atoms. The van der Waals surface area contributed by atoms with Gasteiger partial charge in [-0.05, 0) is 49.8 Å². The Labute approximate surface area is 116 Å². The standard InChI is InChI=1S/C15H17F2NO2/c16-15(17)20-12-4-1-3-11(9-12)14(19)18-8-2-5-13(18)10-6-7-10/h1,3-4,9-10,13,15H,2,5-8H2. The molecule has 3 nitrogen and oxygen atoms in total. The van der Waals surface area contributed by atoms with Gasteiger partial charge < -0.3 is 9.64 Å². The first kappa shape index (κ1) is 13.3. The summed E-state index contributed by atoms with van der Waals surface area (Å²) >= 11 is 0. The van der Waals surface area contributed by atoms with Gasteiger partial charge in [0.2, 0.25) is 0 Å². The van der Waals surface area contributed by atoms with Gasteiger partial charge in [-0.1, -0.05) is 6.07 Å². The lowest BCUT2D eigenvalue weighted by Gasteiger charge is -2.24. The maximum absolute atomic E-state index is 12.5. The Morgan fingerprint density at radius 2 is 2.10 bits per heavy atom. The first-order valence-corrected chi connectivity index (χ1v) is 7.01. The normalized spacial score (nSPS) is 22.4. The zero-order valence-electron chi connectivity index (χ0n) is 11.1. The van der Waals surface area contributed by atoms with Crippen LogP contribution in [0.15, 0.2) is 24.3 Å². The Morgan fingerprint density at radius 3 is 2.80 bits per heavy atom. The third-order valence-electron chi connectivity index (χ3n) is 4.03. The highest BCUT2D eigenvalue weighted by Gasteiger charge is 2.40. The summed E-state index contributed by atoms with van der Waals surface area (Å²) in [6, 6.07) is 6.40. The van der Waals surface area contributed by atoms with Crippen LogP contribution in [0.4, 0.5) is 8.78 Å². The van der Waals surface area contributed by atoms with E-state index in [2.05, 4.69) is 4.74 Å². The summed E-state index contributed by atoms with van der Waals surface area (Å²) in [5.41, 5.74) is 0.427. The highest BCUT2D eigenvalue weighted by Crippen LogP contribution is 2.40. The van der Waals surface area contributed by atoms with E-state index in [1.54, 1.807) is 12.1 Å². The molecule has 1 saturated carbocycles. The van der Waals surface area contributed by atoms with Gasteiger partial charge in [0, 0.05) is 18.2 Å². The third kappa shape index (κ3) is 2.76. The second kappa shape index (κ2) is 5.38. The molecule has 1 aliphatic heterocycles. The summed E-state index contributed by atoms with van der Waals surface area (Å²) in [5.74, 6) is 0.606. The first-order chi connectivity index (χ1) is 9.65. The van der Waals surface area contributed by atoms with E-state index in [4.69, 9.17) is 0 Å². The van der Waals surface area contributed by atoms with Crippen LogP contribution >= 0.6 is 0 Å². The van der Waals surface area contributed by atoms with Crippen molar-refractivity contribution in [3.63, 3.8) is 0 Å². The number of hydrogen-bond donors (Lipinski definition) is 0. The van der Waals surface area contributed by atoms with Crippen LogP contribution < -0.4 is 4.74 Å². The Kier molecular flexibility index (Phi) is 3.59. The number of carbonyl (C=O) groups excluding carboxylic acids is 1. The molecule has 1 amide bonds. The zero-order valence-corrected chi connectivity index (χ0v) is 11.1. The number of nitrogens with zero attached hydrogens (tertiary/aromatic N) is 1. The van der Waals surface area contributed by atoms with E-state index < -0.39 is 6.61 Å². The van der Waals surface area contributed by atoms with Crippen molar-refractivity contribution in [2.24, 2.45) is 5.92 Å². The van der Waals surface area contributed by atoms with Crippen LogP contribution in [0, 0.1) is 5.92 Å². The first-order valence-electron chi connectivity index (χ1n) is 7.01. The number of halogens is 2. The monoisotopic (exact) mass is 281 g/mol. The predicted molar refractivity (Wildman–Crippen MR) is 69.9 cm³/mol. The van der Waals surface area contributed by atoms with E-state index in [1.165, 1.54) is 25.0 Å². The lowest BCUT2D eigenvalue weighted by atomic mass is 10.1. The molecule has 1 aliphatic carbocycles. The Hall–Kier alpha value is -1.65. The van der Waals surface area contributed by atoms with E-state index in [-0.39, 0.29) is 11.7 Å². The summed E-state index contributed by atoms with van der Waals surface area (Å²) in [4.78, 5) is 14.4. The van der Waals surface area contributed by atoms with Gasteiger partial charge in [0.25, 0.3) is 5.91 Å². The molecule has 0 N–H and O–H groups in total. The largest absolute Gasteiger partial charge is 0.435 e. The average molecular weight is 281 g/mol. The van der Waals surface area contributed by atoms with E-state index >= 15 is 0 Å². The molecule has 0 aromatic heterocycles. The number of likely N-dealkylation sites (tertiary alicyclic amines) is 1. The van der Waals surface area contributed by atoms with Crippen LogP contribution in [0.3, 0.4) is 0 Å². The van der Waals surface area contributed by atoms with Crippen molar-refractivity contribution < 1.29 is 18.3 Å². The molecule has 1 atom stereocenters. The topological polar surface area (TPSA) is 29.5 Å². The minimum Gasteiger partial charge on any atom is -0.435 e. The molecule has 2 aliphatic rings. The quantitative estimate of drug-likeness (QED) is 0.847. The molecule has 0 radical (unpaired) electrons. The van der Waals surface area contributed by atoms with Crippen molar-refractivity contribution in [2.75, 3.05) is 6.54 Å². The predicted octanol–water partition coefficient (Wildman–Crippen LogP) is 3.30. The van der Waals surface area contributed by atoms with E-state index in [1.807, 2.05) is 4.90 Å². The highest BCUT2D eigenvalue weighted by atomic mass is 19.3. The second-order valence-electron chi connectivity index (χ2n) is 5.45. The molecule has 1 unspecified atom stereocenters. The number of rotatable bonds is 4. The number of carbonyl (C=O) groups is 1. The molecule has 2 fully saturated rings. The van der Waals surface area contributed by atoms with Crippen LogP contribution in [0.25, 0.3) is 0 Å². The van der Waals surface area contributed by atoms with Crippen LogP contribution in [0.5, 0.6) is 5.75 Å². The minimum absolute atomic E-state index is 0.0352. The van der Waals surface area contributed by atoms with Crippen LogP contribution in [-0.4, -0.2) is 30.0 Å². The molecule has 1 aromatic carbocycles. The van der Waals surface area contributed by atoms with Gasteiger partial charge in [-0.2, -0.15) is 8.78 Å². The third-order valence-corrected chi connectivity index (χ3v) is 4.03. The number of alkyl halides is 2. The number of amides is 1. The molecule has 108 valence electrons. The van der Waals surface area contributed by atoms with Crippen molar-refractivity contribution in [2.45, 2.75) is 38.3 Å². The summed E-state index contributed by atoms with van der Waals surface area (Å²) in [6.45, 7) is -2.11. The van der Waals surface area contributed by atoms with Gasteiger partial charge in [0.15, 0.2) is 0 Å². The van der Waals surface area contributed by atoms with Crippen molar-refractivity contribution >= 4 is 5.91 Å². The summed E-state index contributed by atoms with van der Waals surface area (Å²) in [6.07, 6.45) is 4.48. The smallest absolute Gasteiger partial charge is 0.387 e. The van der Waals surface area contributed by atoms with Crippen molar-refractivity contribution in [1.82, 2.24) is 4.90 Å². The Bertz CT molecular complexity index is 502. The van der Waals surface area contributed by atoms with Crippen LogP contribution in [0.2, 0.25) is 0 Å².